The lowest BCUT2D eigenvalue weighted by Crippen LogP contribution is -2.47. The second-order valence-electron chi connectivity index (χ2n) is 6.35. The van der Waals surface area contributed by atoms with E-state index >= 15 is 0 Å². The maximum Gasteiger partial charge on any atom is 0.308 e. The maximum absolute atomic E-state index is 12.4. The normalized spacial score (nSPS) is 26.1. The van der Waals surface area contributed by atoms with Gasteiger partial charge in [-0.2, -0.15) is 0 Å². The topological polar surface area (TPSA) is 66.8 Å². The van der Waals surface area contributed by atoms with Gasteiger partial charge in [0.1, 0.15) is 6.10 Å². The zero-order valence-corrected chi connectivity index (χ0v) is 12.9. The van der Waals surface area contributed by atoms with Crippen molar-refractivity contribution in [3.05, 3.63) is 0 Å². The Hall–Kier alpha value is -1.10. The fourth-order valence-corrected chi connectivity index (χ4v) is 3.36. The molecular weight excluding hydrogens is 270 g/mol. The average molecular weight is 297 g/mol. The van der Waals surface area contributed by atoms with Gasteiger partial charge in [0.2, 0.25) is 0 Å². The van der Waals surface area contributed by atoms with Crippen LogP contribution in [0.2, 0.25) is 0 Å². The van der Waals surface area contributed by atoms with E-state index in [4.69, 9.17) is 9.84 Å². The van der Waals surface area contributed by atoms with Crippen molar-refractivity contribution in [3.63, 3.8) is 0 Å². The Kier molecular flexibility index (Phi) is 6.03. The van der Waals surface area contributed by atoms with Crippen molar-refractivity contribution in [1.82, 2.24) is 4.90 Å². The first kappa shape index (κ1) is 16.3. The molecular formula is C16H27NO4. The van der Waals surface area contributed by atoms with Gasteiger partial charge in [0.05, 0.1) is 12.0 Å². The van der Waals surface area contributed by atoms with Crippen LogP contribution in [0, 0.1) is 5.92 Å². The number of rotatable bonds is 4. The van der Waals surface area contributed by atoms with Gasteiger partial charge >= 0.3 is 5.97 Å². The molecule has 1 heterocycles. The number of likely N-dealkylation sites (tertiary alicyclic amines) is 1. The highest BCUT2D eigenvalue weighted by Crippen LogP contribution is 2.22. The molecule has 0 radical (unpaired) electrons. The summed E-state index contributed by atoms with van der Waals surface area (Å²) in [7, 11) is 0. The Morgan fingerprint density at radius 1 is 1.10 bits per heavy atom. The van der Waals surface area contributed by atoms with Gasteiger partial charge in [-0.25, -0.2) is 0 Å². The van der Waals surface area contributed by atoms with Crippen LogP contribution in [-0.4, -0.2) is 47.2 Å². The maximum atomic E-state index is 12.4. The van der Waals surface area contributed by atoms with Crippen LogP contribution < -0.4 is 0 Å². The van der Waals surface area contributed by atoms with Crippen LogP contribution in [0.1, 0.15) is 58.3 Å². The van der Waals surface area contributed by atoms with E-state index in [0.29, 0.717) is 19.5 Å². The fourth-order valence-electron chi connectivity index (χ4n) is 3.36. The summed E-state index contributed by atoms with van der Waals surface area (Å²) in [6.45, 7) is 2.78. The quantitative estimate of drug-likeness (QED) is 0.809. The van der Waals surface area contributed by atoms with E-state index in [2.05, 4.69) is 0 Å². The molecule has 1 aliphatic carbocycles. The predicted octanol–water partition coefficient (Wildman–Crippen LogP) is 2.44. The zero-order chi connectivity index (χ0) is 15.2. The summed E-state index contributed by atoms with van der Waals surface area (Å²) in [6.07, 6.45) is 8.10. The Balaban J connectivity index is 1.84. The minimum Gasteiger partial charge on any atom is -0.481 e. The second-order valence-corrected chi connectivity index (χ2v) is 6.35. The number of piperidine rings is 1. The van der Waals surface area contributed by atoms with E-state index in [-0.39, 0.29) is 12.0 Å². The number of hydrogen-bond donors (Lipinski definition) is 1. The number of aliphatic carboxylic acids is 1. The van der Waals surface area contributed by atoms with E-state index in [1.54, 1.807) is 11.8 Å². The highest BCUT2D eigenvalue weighted by molar-refractivity contribution is 5.81. The molecule has 1 amide bonds. The number of amides is 1. The largest absolute Gasteiger partial charge is 0.481 e. The lowest BCUT2D eigenvalue weighted by molar-refractivity contribution is -0.152. The number of ether oxygens (including phenoxy) is 1. The van der Waals surface area contributed by atoms with Gasteiger partial charge in [0, 0.05) is 13.1 Å². The first-order valence-corrected chi connectivity index (χ1v) is 8.25. The van der Waals surface area contributed by atoms with Crippen molar-refractivity contribution in [2.75, 3.05) is 13.1 Å². The number of hydrogen-bond acceptors (Lipinski definition) is 3. The first-order valence-electron chi connectivity index (χ1n) is 8.25. The third kappa shape index (κ3) is 4.70. The van der Waals surface area contributed by atoms with Crippen LogP contribution >= 0.6 is 0 Å². The van der Waals surface area contributed by atoms with Crippen LogP contribution in [-0.2, 0) is 14.3 Å². The minimum atomic E-state index is -0.801. The third-order valence-corrected chi connectivity index (χ3v) is 4.63. The molecule has 1 aliphatic heterocycles. The molecule has 2 rings (SSSR count). The number of carbonyl (C=O) groups is 2. The number of carboxylic acid groups (broad SMARTS) is 1. The van der Waals surface area contributed by atoms with Gasteiger partial charge in [-0.05, 0) is 32.6 Å². The number of carboxylic acids is 1. The lowest BCUT2D eigenvalue weighted by atomic mass is 9.98. The van der Waals surface area contributed by atoms with Crippen molar-refractivity contribution in [1.29, 1.82) is 0 Å². The van der Waals surface area contributed by atoms with Gasteiger partial charge in [-0.3, -0.25) is 9.59 Å². The van der Waals surface area contributed by atoms with Gasteiger partial charge in [-0.15, -0.1) is 0 Å². The summed E-state index contributed by atoms with van der Waals surface area (Å²) in [4.78, 5) is 25.2. The van der Waals surface area contributed by atoms with Crippen LogP contribution in [0.25, 0.3) is 0 Å². The summed E-state index contributed by atoms with van der Waals surface area (Å²) in [6, 6.07) is 0. The predicted molar refractivity (Wildman–Crippen MR) is 79.0 cm³/mol. The van der Waals surface area contributed by atoms with Gasteiger partial charge in [0.25, 0.3) is 5.91 Å². The highest BCUT2D eigenvalue weighted by atomic mass is 16.5. The number of nitrogens with zero attached hydrogens (tertiary/aromatic N) is 1. The highest BCUT2D eigenvalue weighted by Gasteiger charge is 2.31. The molecule has 0 bridgehead atoms. The molecule has 2 aliphatic rings. The monoisotopic (exact) mass is 297 g/mol. The summed E-state index contributed by atoms with van der Waals surface area (Å²) in [5, 5.41) is 9.10. The van der Waals surface area contributed by atoms with Crippen LogP contribution in [0.3, 0.4) is 0 Å². The van der Waals surface area contributed by atoms with Gasteiger partial charge in [0.15, 0.2) is 0 Å². The molecule has 2 atom stereocenters. The van der Waals surface area contributed by atoms with E-state index in [1.165, 1.54) is 25.7 Å². The van der Waals surface area contributed by atoms with E-state index in [1.807, 2.05) is 0 Å². The molecule has 0 aromatic carbocycles. The van der Waals surface area contributed by atoms with Crippen molar-refractivity contribution in [2.45, 2.75) is 70.5 Å². The van der Waals surface area contributed by atoms with Crippen LogP contribution in [0.4, 0.5) is 0 Å². The van der Waals surface area contributed by atoms with Crippen LogP contribution in [0.15, 0.2) is 0 Å². The fraction of sp³-hybridized carbons (Fsp3) is 0.875. The molecule has 5 heteroatoms. The zero-order valence-electron chi connectivity index (χ0n) is 12.9. The van der Waals surface area contributed by atoms with Crippen molar-refractivity contribution in [2.24, 2.45) is 5.92 Å². The van der Waals surface area contributed by atoms with E-state index in [0.717, 1.165) is 19.3 Å². The lowest BCUT2D eigenvalue weighted by Gasteiger charge is -2.33. The summed E-state index contributed by atoms with van der Waals surface area (Å²) in [5.74, 6) is -1.28. The molecule has 2 fully saturated rings. The molecule has 120 valence electrons. The average Bonchev–Trinajstić information content (AvgIpc) is 2.75. The smallest absolute Gasteiger partial charge is 0.308 e. The molecule has 0 unspecified atom stereocenters. The molecule has 1 saturated heterocycles. The summed E-state index contributed by atoms with van der Waals surface area (Å²) < 4.78 is 5.94. The number of carbonyl (C=O) groups excluding carboxylic acids is 1. The SMILES string of the molecule is C[C@H](OC1CCCCCC1)C(=O)N1CCC[C@@H](C(=O)O)C1. The van der Waals surface area contributed by atoms with E-state index < -0.39 is 18.0 Å². The Labute approximate surface area is 126 Å². The summed E-state index contributed by atoms with van der Waals surface area (Å²) >= 11 is 0. The van der Waals surface area contributed by atoms with Crippen molar-refractivity contribution < 1.29 is 19.4 Å². The van der Waals surface area contributed by atoms with Crippen molar-refractivity contribution >= 4 is 11.9 Å². The van der Waals surface area contributed by atoms with Gasteiger partial charge < -0.3 is 14.7 Å². The Morgan fingerprint density at radius 2 is 1.76 bits per heavy atom. The molecule has 0 spiro atoms. The first-order chi connectivity index (χ1) is 10.1. The third-order valence-electron chi connectivity index (χ3n) is 4.63. The Bertz CT molecular complexity index is 363. The molecule has 0 aromatic rings. The van der Waals surface area contributed by atoms with Crippen LogP contribution in [0.5, 0.6) is 0 Å². The Morgan fingerprint density at radius 3 is 2.38 bits per heavy atom. The minimum absolute atomic E-state index is 0.0507. The summed E-state index contributed by atoms with van der Waals surface area (Å²) in [5.41, 5.74) is 0. The van der Waals surface area contributed by atoms with Gasteiger partial charge in [-0.1, -0.05) is 25.7 Å². The van der Waals surface area contributed by atoms with E-state index in [9.17, 15) is 9.59 Å². The molecule has 0 aromatic heterocycles. The molecule has 1 N–H and O–H groups in total. The standard InChI is InChI=1S/C16H27NO4/c1-12(21-14-8-4-2-3-5-9-14)15(18)17-10-6-7-13(11-17)16(19)20/h12-14H,2-11H2,1H3,(H,19,20)/t12-,13+/m0/s1. The second kappa shape index (κ2) is 7.78. The molecule has 21 heavy (non-hydrogen) atoms. The molecule has 5 nitrogen and oxygen atoms in total. The van der Waals surface area contributed by atoms with Crippen molar-refractivity contribution in [3.8, 4) is 0 Å². The molecule has 1 saturated carbocycles.